The smallest absolute Gasteiger partial charge is 0.123 e. The van der Waals surface area contributed by atoms with Crippen molar-refractivity contribution in [3.63, 3.8) is 0 Å². The second-order valence-corrected chi connectivity index (χ2v) is 3.86. The molecule has 0 bridgehead atoms. The van der Waals surface area contributed by atoms with Gasteiger partial charge in [0, 0.05) is 11.6 Å². The minimum Gasteiger partial charge on any atom is -0.507 e. The van der Waals surface area contributed by atoms with Crippen LogP contribution in [0.5, 0.6) is 5.75 Å². The van der Waals surface area contributed by atoms with Gasteiger partial charge in [-0.3, -0.25) is 0 Å². The average molecular weight is 193 g/mol. The lowest BCUT2D eigenvalue weighted by Gasteiger charge is -2.16. The van der Waals surface area contributed by atoms with Gasteiger partial charge < -0.3 is 10.8 Å². The third-order valence-electron chi connectivity index (χ3n) is 2.61. The lowest BCUT2D eigenvalue weighted by molar-refractivity contribution is 0.453. The largest absolute Gasteiger partial charge is 0.507 e. The molecule has 2 nitrogen and oxygen atoms in total. The molecule has 0 saturated carbocycles. The summed E-state index contributed by atoms with van der Waals surface area (Å²) in [5, 5.41) is 9.90. The Kier molecular flexibility index (Phi) is 3.53. The molecule has 0 radical (unpaired) electrons. The van der Waals surface area contributed by atoms with Gasteiger partial charge in [0.05, 0.1) is 0 Å². The molecule has 78 valence electrons. The summed E-state index contributed by atoms with van der Waals surface area (Å²) in [6, 6.07) is 3.90. The van der Waals surface area contributed by atoms with Crippen LogP contribution in [0.1, 0.15) is 42.5 Å². The first-order chi connectivity index (χ1) is 6.57. The Morgan fingerprint density at radius 2 is 1.86 bits per heavy atom. The predicted octanol–water partition coefficient (Wildman–Crippen LogP) is 2.81. The van der Waals surface area contributed by atoms with Crippen molar-refractivity contribution < 1.29 is 5.11 Å². The second-order valence-electron chi connectivity index (χ2n) is 3.86. The zero-order chi connectivity index (χ0) is 10.7. The Morgan fingerprint density at radius 1 is 1.29 bits per heavy atom. The van der Waals surface area contributed by atoms with Gasteiger partial charge in [0.15, 0.2) is 0 Å². The minimum atomic E-state index is -0.0418. The Labute approximate surface area is 85.8 Å². The van der Waals surface area contributed by atoms with Gasteiger partial charge in [-0.25, -0.2) is 0 Å². The van der Waals surface area contributed by atoms with Crippen molar-refractivity contribution in [3.8, 4) is 5.75 Å². The highest BCUT2D eigenvalue weighted by atomic mass is 16.3. The van der Waals surface area contributed by atoms with Crippen LogP contribution in [-0.2, 0) is 0 Å². The Balaban J connectivity index is 3.11. The molecule has 1 aromatic carbocycles. The molecule has 0 heterocycles. The molecule has 0 aliphatic rings. The topological polar surface area (TPSA) is 46.2 Å². The fourth-order valence-electron chi connectivity index (χ4n) is 1.74. The summed E-state index contributed by atoms with van der Waals surface area (Å²) in [5.41, 5.74) is 8.90. The standard InChI is InChI=1S/C12H19NO/c1-4-5-10(13)11-8(2)6-7-9(3)12(11)14/h6-7,10,14H,4-5,13H2,1-3H3/t10-/m0/s1. The lowest BCUT2D eigenvalue weighted by atomic mass is 9.95. The maximum atomic E-state index is 9.90. The number of benzene rings is 1. The normalized spacial score (nSPS) is 12.9. The summed E-state index contributed by atoms with van der Waals surface area (Å²) < 4.78 is 0. The molecule has 0 fully saturated rings. The van der Waals surface area contributed by atoms with E-state index in [0.29, 0.717) is 5.75 Å². The van der Waals surface area contributed by atoms with Crippen LogP contribution in [-0.4, -0.2) is 5.11 Å². The third-order valence-corrected chi connectivity index (χ3v) is 2.61. The Hall–Kier alpha value is -1.02. The highest BCUT2D eigenvalue weighted by molar-refractivity contribution is 5.46. The first kappa shape index (κ1) is 11.1. The summed E-state index contributed by atoms with van der Waals surface area (Å²) in [5.74, 6) is 0.367. The van der Waals surface area contributed by atoms with Gasteiger partial charge in [0.2, 0.25) is 0 Å². The van der Waals surface area contributed by atoms with Crippen LogP contribution in [0.4, 0.5) is 0 Å². The number of rotatable bonds is 3. The van der Waals surface area contributed by atoms with Crippen molar-refractivity contribution in [1.82, 2.24) is 0 Å². The molecule has 3 N–H and O–H groups in total. The van der Waals surface area contributed by atoms with Crippen LogP contribution in [0.25, 0.3) is 0 Å². The maximum Gasteiger partial charge on any atom is 0.123 e. The van der Waals surface area contributed by atoms with E-state index in [0.717, 1.165) is 29.5 Å². The molecule has 0 aliphatic carbocycles. The van der Waals surface area contributed by atoms with Crippen molar-refractivity contribution in [2.45, 2.75) is 39.7 Å². The van der Waals surface area contributed by atoms with E-state index >= 15 is 0 Å². The zero-order valence-corrected chi connectivity index (χ0v) is 9.17. The van der Waals surface area contributed by atoms with Gasteiger partial charge >= 0.3 is 0 Å². The number of aryl methyl sites for hydroxylation is 2. The SMILES string of the molecule is CCC[C@H](N)c1c(C)ccc(C)c1O. The van der Waals surface area contributed by atoms with E-state index in [4.69, 9.17) is 5.73 Å². The summed E-state index contributed by atoms with van der Waals surface area (Å²) in [6.45, 7) is 5.99. The van der Waals surface area contributed by atoms with Gasteiger partial charge in [-0.15, -0.1) is 0 Å². The van der Waals surface area contributed by atoms with Crippen LogP contribution >= 0.6 is 0 Å². The summed E-state index contributed by atoms with van der Waals surface area (Å²) in [4.78, 5) is 0. The van der Waals surface area contributed by atoms with Crippen LogP contribution in [0.15, 0.2) is 12.1 Å². The van der Waals surface area contributed by atoms with Crippen molar-refractivity contribution >= 4 is 0 Å². The monoisotopic (exact) mass is 193 g/mol. The predicted molar refractivity (Wildman–Crippen MR) is 59.4 cm³/mol. The van der Waals surface area contributed by atoms with Crippen molar-refractivity contribution in [3.05, 3.63) is 28.8 Å². The molecule has 1 atom stereocenters. The minimum absolute atomic E-state index is 0.0418. The zero-order valence-electron chi connectivity index (χ0n) is 9.17. The van der Waals surface area contributed by atoms with Crippen molar-refractivity contribution in [1.29, 1.82) is 0 Å². The molecular weight excluding hydrogens is 174 g/mol. The maximum absolute atomic E-state index is 9.90. The van der Waals surface area contributed by atoms with Crippen LogP contribution < -0.4 is 5.73 Å². The number of nitrogens with two attached hydrogens (primary N) is 1. The highest BCUT2D eigenvalue weighted by Gasteiger charge is 2.14. The molecule has 0 aromatic heterocycles. The second kappa shape index (κ2) is 4.47. The number of phenolic OH excluding ortho intramolecular Hbond substituents is 1. The molecule has 1 aromatic rings. The van der Waals surface area contributed by atoms with E-state index < -0.39 is 0 Å². The van der Waals surface area contributed by atoms with Crippen LogP contribution in [0.3, 0.4) is 0 Å². The fourth-order valence-corrected chi connectivity index (χ4v) is 1.74. The van der Waals surface area contributed by atoms with E-state index in [1.165, 1.54) is 0 Å². The molecular formula is C12H19NO. The summed E-state index contributed by atoms with van der Waals surface area (Å²) in [6.07, 6.45) is 1.95. The number of hydrogen-bond donors (Lipinski definition) is 2. The third kappa shape index (κ3) is 2.07. The average Bonchev–Trinajstić information content (AvgIpc) is 2.13. The van der Waals surface area contributed by atoms with E-state index in [9.17, 15) is 5.11 Å². The Bertz CT molecular complexity index is 320. The lowest BCUT2D eigenvalue weighted by Crippen LogP contribution is -2.12. The first-order valence-electron chi connectivity index (χ1n) is 5.12. The molecule has 0 saturated heterocycles. The quantitative estimate of drug-likeness (QED) is 0.775. The van der Waals surface area contributed by atoms with Gasteiger partial charge in [-0.1, -0.05) is 25.5 Å². The van der Waals surface area contributed by atoms with Crippen LogP contribution in [0, 0.1) is 13.8 Å². The molecule has 2 heteroatoms. The fraction of sp³-hybridized carbons (Fsp3) is 0.500. The molecule has 0 aliphatic heterocycles. The van der Waals surface area contributed by atoms with Crippen molar-refractivity contribution in [2.24, 2.45) is 5.73 Å². The van der Waals surface area contributed by atoms with E-state index in [-0.39, 0.29) is 6.04 Å². The first-order valence-corrected chi connectivity index (χ1v) is 5.12. The molecule has 1 rings (SSSR count). The van der Waals surface area contributed by atoms with Gasteiger partial charge in [0.1, 0.15) is 5.75 Å². The number of hydrogen-bond acceptors (Lipinski definition) is 2. The molecule has 0 amide bonds. The van der Waals surface area contributed by atoms with E-state index in [1.54, 1.807) is 0 Å². The molecule has 0 spiro atoms. The Morgan fingerprint density at radius 3 is 2.43 bits per heavy atom. The van der Waals surface area contributed by atoms with Crippen LogP contribution in [0.2, 0.25) is 0 Å². The van der Waals surface area contributed by atoms with Gasteiger partial charge in [0.25, 0.3) is 0 Å². The molecule has 14 heavy (non-hydrogen) atoms. The van der Waals surface area contributed by atoms with E-state index in [2.05, 4.69) is 6.92 Å². The van der Waals surface area contributed by atoms with E-state index in [1.807, 2.05) is 26.0 Å². The van der Waals surface area contributed by atoms with Crippen molar-refractivity contribution in [2.75, 3.05) is 0 Å². The highest BCUT2D eigenvalue weighted by Crippen LogP contribution is 2.31. The summed E-state index contributed by atoms with van der Waals surface area (Å²) in [7, 11) is 0. The number of phenols is 1. The van der Waals surface area contributed by atoms with Gasteiger partial charge in [-0.05, 0) is 31.4 Å². The van der Waals surface area contributed by atoms with Gasteiger partial charge in [-0.2, -0.15) is 0 Å². The summed E-state index contributed by atoms with van der Waals surface area (Å²) >= 11 is 0. The molecule has 0 unspecified atom stereocenters. The number of aromatic hydroxyl groups is 1.